The summed E-state index contributed by atoms with van der Waals surface area (Å²) >= 11 is 0. The van der Waals surface area contributed by atoms with E-state index in [0.29, 0.717) is 11.9 Å². The zero-order valence-corrected chi connectivity index (χ0v) is 35.6. The van der Waals surface area contributed by atoms with E-state index >= 15 is 0 Å². The van der Waals surface area contributed by atoms with E-state index in [1.807, 2.05) is 24.3 Å². The first kappa shape index (κ1) is 37.5. The quantitative estimate of drug-likeness (QED) is 0.167. The fraction of sp³-hybridized carbons (Fsp3) is 0. The Morgan fingerprint density at radius 2 is 0.530 bits per heavy atom. The van der Waals surface area contributed by atoms with Crippen molar-refractivity contribution in [1.82, 2.24) is 29.1 Å². The van der Waals surface area contributed by atoms with Crippen LogP contribution in [0.15, 0.2) is 231 Å². The number of rotatable bonds is 6. The number of aromatic nitrogens is 6. The van der Waals surface area contributed by atoms with Crippen molar-refractivity contribution in [3.05, 3.63) is 231 Å². The summed E-state index contributed by atoms with van der Waals surface area (Å²) in [5, 5.41) is 2.20. The van der Waals surface area contributed by atoms with Gasteiger partial charge in [-0.2, -0.15) is 0 Å². The molecule has 0 atom stereocenters. The van der Waals surface area contributed by atoms with E-state index in [1.165, 1.54) is 0 Å². The Kier molecular flexibility index (Phi) is 8.74. The predicted octanol–water partition coefficient (Wildman–Crippen LogP) is 14.8. The topological polar surface area (TPSA) is 61.4 Å². The van der Waals surface area contributed by atoms with Gasteiger partial charge >= 0.3 is 0 Å². The predicted molar refractivity (Wildman–Crippen MR) is 268 cm³/mol. The molecule has 0 spiro atoms. The highest BCUT2D eigenvalue weighted by Crippen LogP contribution is 2.54. The highest BCUT2D eigenvalue weighted by Gasteiger charge is 2.33. The third-order valence-electron chi connectivity index (χ3n) is 12.8. The van der Waals surface area contributed by atoms with Crippen LogP contribution in [0.2, 0.25) is 0 Å². The summed E-state index contributed by atoms with van der Waals surface area (Å²) < 4.78 is 4.59. The summed E-state index contributed by atoms with van der Waals surface area (Å²) in [5.74, 6) is 1.20. The summed E-state index contributed by atoms with van der Waals surface area (Å²) in [5.41, 5.74) is 18.1. The van der Waals surface area contributed by atoms with Gasteiger partial charge < -0.3 is 0 Å². The molecule has 0 N–H and O–H groups in total. The first-order chi connectivity index (χ1) is 32.8. The average Bonchev–Trinajstić information content (AvgIpc) is 3.92. The van der Waals surface area contributed by atoms with Crippen LogP contribution in [-0.4, -0.2) is 29.1 Å². The molecule has 1 aliphatic rings. The van der Waals surface area contributed by atoms with Crippen LogP contribution < -0.4 is 0 Å². The Hall–Kier alpha value is -9.00. The highest BCUT2D eigenvalue weighted by atomic mass is 15.2. The first-order valence-electron chi connectivity index (χ1n) is 22.2. The van der Waals surface area contributed by atoms with Gasteiger partial charge in [0.15, 0.2) is 0 Å². The van der Waals surface area contributed by atoms with Crippen molar-refractivity contribution in [3.63, 3.8) is 0 Å². The Morgan fingerprint density at radius 1 is 0.258 bits per heavy atom. The van der Waals surface area contributed by atoms with E-state index in [9.17, 15) is 0 Å². The van der Waals surface area contributed by atoms with Gasteiger partial charge in [0.05, 0.1) is 45.2 Å². The molecule has 0 aliphatic heterocycles. The highest BCUT2D eigenvalue weighted by molar-refractivity contribution is 6.17. The lowest BCUT2D eigenvalue weighted by atomic mass is 9.84. The summed E-state index contributed by atoms with van der Waals surface area (Å²) in [6, 6.07) is 80.8. The van der Waals surface area contributed by atoms with Gasteiger partial charge in [-0.05, 0) is 35.4 Å². The summed E-state index contributed by atoms with van der Waals surface area (Å²) in [6.07, 6.45) is 0. The van der Waals surface area contributed by atoms with Gasteiger partial charge in [-0.15, -0.1) is 0 Å². The fourth-order valence-corrected chi connectivity index (χ4v) is 9.86. The minimum atomic E-state index is 0.600. The molecule has 0 saturated heterocycles. The average molecular weight is 843 g/mol. The zero-order chi connectivity index (χ0) is 43.6. The second-order valence-corrected chi connectivity index (χ2v) is 16.6. The maximum Gasteiger partial charge on any atom is 0.235 e. The molecular weight excluding hydrogens is 805 g/mol. The maximum absolute atomic E-state index is 5.45. The van der Waals surface area contributed by atoms with Crippen LogP contribution in [0.5, 0.6) is 0 Å². The minimum Gasteiger partial charge on any atom is -0.277 e. The number of nitrogens with zero attached hydrogens (tertiary/aromatic N) is 6. The molecule has 13 rings (SSSR count). The SMILES string of the molecule is c1ccc(-c2cc(-c3ccccc3)nc(-n3c4c(c5ccccc53)-c3ccccc3-c3c(c5ccccc5n3-c3nc(-c5ccccc5)cc(-c5ccccc5)n3)-c3ccccc3-4)n2)cc1. The zero-order valence-electron chi connectivity index (χ0n) is 35.6. The van der Waals surface area contributed by atoms with E-state index in [0.717, 1.165) is 112 Å². The van der Waals surface area contributed by atoms with Crippen molar-refractivity contribution in [3.8, 4) is 102 Å². The van der Waals surface area contributed by atoms with Crippen molar-refractivity contribution in [2.24, 2.45) is 0 Å². The molecular formula is C60H38N6. The number of benzene rings is 8. The normalized spacial score (nSPS) is 11.6. The molecule has 4 heterocycles. The lowest BCUT2D eigenvalue weighted by Gasteiger charge is -2.22. The number of hydrogen-bond donors (Lipinski definition) is 0. The standard InChI is InChI=1S/C60H38N6/c1-5-21-39(22-6-1)49-37-50(40-23-7-2-8-24-40)62-59(61-49)65-53-35-19-17-33-47(53)55-44-30-14-16-32-46(44)58-56(43-29-13-15-31-45(43)57(55)65)48-34-18-20-36-54(48)66(58)60-63-51(41-25-9-3-10-26-41)38-52(64-60)42-27-11-4-12-28-42/h1-38H. The molecule has 308 valence electrons. The Balaban J connectivity index is 1.16. The first-order valence-corrected chi connectivity index (χ1v) is 22.2. The van der Waals surface area contributed by atoms with Crippen LogP contribution in [0.3, 0.4) is 0 Å². The third-order valence-corrected chi connectivity index (χ3v) is 12.8. The van der Waals surface area contributed by atoms with Gasteiger partial charge in [0, 0.05) is 55.3 Å². The molecule has 0 saturated carbocycles. The number of hydrogen-bond acceptors (Lipinski definition) is 4. The van der Waals surface area contributed by atoms with Gasteiger partial charge in [0.1, 0.15) is 0 Å². The van der Waals surface area contributed by atoms with Crippen LogP contribution in [0.25, 0.3) is 124 Å². The fourth-order valence-electron chi connectivity index (χ4n) is 9.86. The van der Waals surface area contributed by atoms with Gasteiger partial charge in [-0.25, -0.2) is 19.9 Å². The third kappa shape index (κ3) is 6.04. The number of para-hydroxylation sites is 2. The summed E-state index contributed by atoms with van der Waals surface area (Å²) in [6.45, 7) is 0. The molecule has 0 bridgehead atoms. The summed E-state index contributed by atoms with van der Waals surface area (Å²) in [7, 11) is 0. The van der Waals surface area contributed by atoms with E-state index in [2.05, 4.69) is 215 Å². The van der Waals surface area contributed by atoms with Gasteiger partial charge in [-0.1, -0.05) is 206 Å². The van der Waals surface area contributed by atoms with Crippen molar-refractivity contribution < 1.29 is 0 Å². The second kappa shape index (κ2) is 15.4. The van der Waals surface area contributed by atoms with Crippen molar-refractivity contribution >= 4 is 21.8 Å². The molecule has 6 heteroatoms. The van der Waals surface area contributed by atoms with E-state index in [-0.39, 0.29) is 0 Å². The van der Waals surface area contributed by atoms with E-state index in [1.54, 1.807) is 0 Å². The maximum atomic E-state index is 5.45. The van der Waals surface area contributed by atoms with Crippen LogP contribution in [-0.2, 0) is 0 Å². The molecule has 0 fully saturated rings. The Labute approximate surface area is 381 Å². The molecule has 12 aromatic rings. The van der Waals surface area contributed by atoms with Crippen molar-refractivity contribution in [2.75, 3.05) is 0 Å². The Morgan fingerprint density at radius 3 is 0.864 bits per heavy atom. The van der Waals surface area contributed by atoms with Crippen LogP contribution in [0.4, 0.5) is 0 Å². The van der Waals surface area contributed by atoms with Gasteiger partial charge in [0.2, 0.25) is 11.9 Å². The van der Waals surface area contributed by atoms with Crippen LogP contribution in [0, 0.1) is 0 Å². The van der Waals surface area contributed by atoms with E-state index < -0.39 is 0 Å². The van der Waals surface area contributed by atoms with Crippen LogP contribution >= 0.6 is 0 Å². The lowest BCUT2D eigenvalue weighted by molar-refractivity contribution is 0.972. The van der Waals surface area contributed by atoms with Crippen molar-refractivity contribution in [1.29, 1.82) is 0 Å². The van der Waals surface area contributed by atoms with Gasteiger partial charge in [-0.3, -0.25) is 9.13 Å². The molecule has 0 amide bonds. The minimum absolute atomic E-state index is 0.600. The number of fused-ring (bicyclic) bond motifs is 12. The molecule has 66 heavy (non-hydrogen) atoms. The monoisotopic (exact) mass is 842 g/mol. The lowest BCUT2D eigenvalue weighted by Crippen LogP contribution is -2.08. The van der Waals surface area contributed by atoms with Crippen LogP contribution in [0.1, 0.15) is 0 Å². The molecule has 0 radical (unpaired) electrons. The Bertz CT molecular complexity index is 3430. The molecule has 4 aromatic heterocycles. The largest absolute Gasteiger partial charge is 0.277 e. The second-order valence-electron chi connectivity index (χ2n) is 16.6. The van der Waals surface area contributed by atoms with E-state index in [4.69, 9.17) is 19.9 Å². The summed E-state index contributed by atoms with van der Waals surface area (Å²) in [4.78, 5) is 21.8. The van der Waals surface area contributed by atoms with Crippen molar-refractivity contribution in [2.45, 2.75) is 0 Å². The molecule has 1 aliphatic carbocycles. The van der Waals surface area contributed by atoms with Gasteiger partial charge in [0.25, 0.3) is 0 Å². The smallest absolute Gasteiger partial charge is 0.235 e. The molecule has 0 unspecified atom stereocenters. The molecule has 6 nitrogen and oxygen atoms in total. The molecule has 8 aromatic carbocycles.